The number of hydrogen-bond donors (Lipinski definition) is 1. The van der Waals surface area contributed by atoms with Gasteiger partial charge in [0, 0.05) is 10.9 Å². The summed E-state index contributed by atoms with van der Waals surface area (Å²) in [5.74, 6) is 1.11. The third kappa shape index (κ3) is 3.87. The summed E-state index contributed by atoms with van der Waals surface area (Å²) in [6, 6.07) is 11.0. The molecule has 1 aromatic carbocycles. The topological polar surface area (TPSA) is 26.0 Å². The quantitative estimate of drug-likeness (QED) is 0.787. The van der Waals surface area contributed by atoms with Crippen LogP contribution in [0.15, 0.2) is 46.0 Å². The summed E-state index contributed by atoms with van der Waals surface area (Å²) in [6.45, 7) is 2.17. The zero-order valence-corrected chi connectivity index (χ0v) is 12.3. The Morgan fingerprint density at radius 3 is 2.61 bits per heavy atom. The first-order valence-corrected chi connectivity index (χ1v) is 8.22. The van der Waals surface area contributed by atoms with Crippen LogP contribution in [0.4, 0.5) is 0 Å². The van der Waals surface area contributed by atoms with Gasteiger partial charge in [-0.3, -0.25) is 0 Å². The lowest BCUT2D eigenvalue weighted by Gasteiger charge is -2.12. The van der Waals surface area contributed by atoms with Gasteiger partial charge in [0.2, 0.25) is 0 Å². The highest BCUT2D eigenvalue weighted by Gasteiger charge is 2.06. The number of nitrogens with two attached hydrogens (primary N) is 1. The van der Waals surface area contributed by atoms with E-state index in [2.05, 4.69) is 48.0 Å². The van der Waals surface area contributed by atoms with Gasteiger partial charge in [0.15, 0.2) is 0 Å². The fourth-order valence-corrected chi connectivity index (χ4v) is 3.27. The molecule has 0 radical (unpaired) electrons. The summed E-state index contributed by atoms with van der Waals surface area (Å²) in [5.41, 5.74) is 8.87. The smallest absolute Gasteiger partial charge is 0.0298 e. The molecule has 96 valence electrons. The van der Waals surface area contributed by atoms with E-state index in [0.29, 0.717) is 0 Å². The third-order valence-electron chi connectivity index (χ3n) is 2.94. The summed E-state index contributed by atoms with van der Waals surface area (Å²) in [6.07, 6.45) is 2.08. The van der Waals surface area contributed by atoms with E-state index in [4.69, 9.17) is 5.73 Å². The van der Waals surface area contributed by atoms with E-state index in [1.165, 1.54) is 16.0 Å². The van der Waals surface area contributed by atoms with Crippen molar-refractivity contribution in [3.8, 4) is 0 Å². The molecule has 3 heteroatoms. The summed E-state index contributed by atoms with van der Waals surface area (Å²) in [7, 11) is 0. The highest BCUT2D eigenvalue weighted by atomic mass is 32.2. The van der Waals surface area contributed by atoms with E-state index in [1.54, 1.807) is 11.3 Å². The van der Waals surface area contributed by atoms with Crippen molar-refractivity contribution in [2.24, 2.45) is 5.73 Å². The predicted molar refractivity (Wildman–Crippen MR) is 82.4 cm³/mol. The van der Waals surface area contributed by atoms with Gasteiger partial charge < -0.3 is 5.73 Å². The maximum Gasteiger partial charge on any atom is 0.0298 e. The molecule has 0 aliphatic heterocycles. The lowest BCUT2D eigenvalue weighted by molar-refractivity contribution is 0.652. The lowest BCUT2D eigenvalue weighted by Crippen LogP contribution is -2.11. The van der Waals surface area contributed by atoms with Gasteiger partial charge in [-0.25, -0.2) is 0 Å². The number of hydrogen-bond acceptors (Lipinski definition) is 3. The Morgan fingerprint density at radius 2 is 2.00 bits per heavy atom. The molecule has 2 rings (SSSR count). The second-order valence-electron chi connectivity index (χ2n) is 4.28. The summed E-state index contributed by atoms with van der Waals surface area (Å²) < 4.78 is 0. The van der Waals surface area contributed by atoms with Gasteiger partial charge in [-0.05, 0) is 58.7 Å². The predicted octanol–water partition coefficient (Wildman–Crippen LogP) is 4.49. The maximum atomic E-state index is 6.23. The van der Waals surface area contributed by atoms with Gasteiger partial charge in [0.1, 0.15) is 0 Å². The average molecular weight is 277 g/mol. The van der Waals surface area contributed by atoms with Gasteiger partial charge in [-0.15, -0.1) is 11.8 Å². The van der Waals surface area contributed by atoms with Crippen LogP contribution in [0, 0.1) is 0 Å². The van der Waals surface area contributed by atoms with Crippen molar-refractivity contribution in [2.75, 3.05) is 5.75 Å². The van der Waals surface area contributed by atoms with Crippen molar-refractivity contribution in [3.05, 3.63) is 52.2 Å². The largest absolute Gasteiger partial charge is 0.324 e. The van der Waals surface area contributed by atoms with Crippen LogP contribution in [-0.4, -0.2) is 5.75 Å². The molecule has 2 aromatic rings. The van der Waals surface area contributed by atoms with Gasteiger partial charge in [0.05, 0.1) is 0 Å². The van der Waals surface area contributed by atoms with Crippen molar-refractivity contribution < 1.29 is 0 Å². The fourth-order valence-electron chi connectivity index (χ4n) is 1.90. The molecule has 0 aliphatic rings. The Kier molecular flexibility index (Phi) is 5.29. The van der Waals surface area contributed by atoms with Crippen molar-refractivity contribution in [1.82, 2.24) is 0 Å². The van der Waals surface area contributed by atoms with Crippen LogP contribution < -0.4 is 5.73 Å². The Balaban J connectivity index is 1.89. The first-order valence-electron chi connectivity index (χ1n) is 6.29. The average Bonchev–Trinajstić information content (AvgIpc) is 2.90. The van der Waals surface area contributed by atoms with Gasteiger partial charge in [0.25, 0.3) is 0 Å². The molecular weight excluding hydrogens is 258 g/mol. The second-order valence-corrected chi connectivity index (χ2v) is 6.40. The standard InChI is InChI=1S/C15H19NS2/c1-2-18-14-6-4-13(5-7-14)15(16)8-3-12-9-10-17-11-12/h4-7,9-11,15H,2-3,8,16H2,1H3. The van der Waals surface area contributed by atoms with Gasteiger partial charge >= 0.3 is 0 Å². The fraction of sp³-hybridized carbons (Fsp3) is 0.333. The molecule has 1 unspecified atom stereocenters. The Hall–Kier alpha value is -0.770. The van der Waals surface area contributed by atoms with Crippen LogP contribution >= 0.6 is 23.1 Å². The molecule has 0 spiro atoms. The van der Waals surface area contributed by atoms with E-state index in [1.807, 2.05) is 11.8 Å². The SMILES string of the molecule is CCSc1ccc(C(N)CCc2ccsc2)cc1. The first-order chi connectivity index (χ1) is 8.79. The summed E-state index contributed by atoms with van der Waals surface area (Å²) >= 11 is 3.62. The van der Waals surface area contributed by atoms with E-state index >= 15 is 0 Å². The molecule has 2 N–H and O–H groups in total. The second kappa shape index (κ2) is 6.98. The molecule has 0 fully saturated rings. The van der Waals surface area contributed by atoms with Crippen molar-refractivity contribution >= 4 is 23.1 Å². The maximum absolute atomic E-state index is 6.23. The molecule has 1 aromatic heterocycles. The molecule has 1 heterocycles. The highest BCUT2D eigenvalue weighted by Crippen LogP contribution is 2.22. The number of benzene rings is 1. The molecule has 1 nitrogen and oxygen atoms in total. The normalized spacial score (nSPS) is 12.6. The van der Waals surface area contributed by atoms with E-state index in [-0.39, 0.29) is 6.04 Å². The van der Waals surface area contributed by atoms with E-state index < -0.39 is 0 Å². The molecule has 0 amide bonds. The molecular formula is C15H19NS2. The van der Waals surface area contributed by atoms with Crippen LogP contribution in [0.5, 0.6) is 0 Å². The number of thiophene rings is 1. The Labute approximate surface area is 117 Å². The van der Waals surface area contributed by atoms with Crippen LogP contribution in [0.1, 0.15) is 30.5 Å². The molecule has 0 saturated carbocycles. The zero-order valence-electron chi connectivity index (χ0n) is 10.6. The van der Waals surface area contributed by atoms with E-state index in [0.717, 1.165) is 18.6 Å². The number of aryl methyl sites for hydroxylation is 1. The van der Waals surface area contributed by atoms with Crippen LogP contribution in [-0.2, 0) is 6.42 Å². The number of thioether (sulfide) groups is 1. The summed E-state index contributed by atoms with van der Waals surface area (Å²) in [5, 5.41) is 4.32. The minimum Gasteiger partial charge on any atom is -0.324 e. The first kappa shape index (κ1) is 13.7. The molecule has 0 aliphatic carbocycles. The van der Waals surface area contributed by atoms with Crippen LogP contribution in [0.25, 0.3) is 0 Å². The molecule has 0 bridgehead atoms. The molecule has 1 atom stereocenters. The van der Waals surface area contributed by atoms with E-state index in [9.17, 15) is 0 Å². The minimum absolute atomic E-state index is 0.144. The lowest BCUT2D eigenvalue weighted by atomic mass is 10.0. The van der Waals surface area contributed by atoms with Crippen molar-refractivity contribution in [3.63, 3.8) is 0 Å². The Bertz CT molecular complexity index is 448. The zero-order chi connectivity index (χ0) is 12.8. The van der Waals surface area contributed by atoms with Gasteiger partial charge in [-0.1, -0.05) is 19.1 Å². The molecule has 0 saturated heterocycles. The van der Waals surface area contributed by atoms with Crippen molar-refractivity contribution in [1.29, 1.82) is 0 Å². The van der Waals surface area contributed by atoms with Crippen LogP contribution in [0.3, 0.4) is 0 Å². The van der Waals surface area contributed by atoms with Crippen LogP contribution in [0.2, 0.25) is 0 Å². The third-order valence-corrected chi connectivity index (χ3v) is 4.57. The molecule has 18 heavy (non-hydrogen) atoms. The highest BCUT2D eigenvalue weighted by molar-refractivity contribution is 7.99. The van der Waals surface area contributed by atoms with Crippen molar-refractivity contribution in [2.45, 2.75) is 30.7 Å². The summed E-state index contributed by atoms with van der Waals surface area (Å²) in [4.78, 5) is 1.33. The number of rotatable bonds is 6. The minimum atomic E-state index is 0.144. The van der Waals surface area contributed by atoms with Gasteiger partial charge in [-0.2, -0.15) is 11.3 Å². The Morgan fingerprint density at radius 1 is 1.22 bits per heavy atom. The monoisotopic (exact) mass is 277 g/mol.